The van der Waals surface area contributed by atoms with Crippen molar-refractivity contribution in [3.8, 4) is 0 Å². The van der Waals surface area contributed by atoms with Gasteiger partial charge in [0.05, 0.1) is 13.3 Å². The lowest BCUT2D eigenvalue weighted by Crippen LogP contribution is -2.10. The molecule has 0 amide bonds. The summed E-state index contributed by atoms with van der Waals surface area (Å²) >= 11 is 0. The molecule has 78 valence electrons. The molecule has 0 unspecified atom stereocenters. The molecule has 0 bridgehead atoms. The zero-order valence-corrected chi connectivity index (χ0v) is 8.19. The quantitative estimate of drug-likeness (QED) is 0.656. The molecule has 0 aliphatic carbocycles. The van der Waals surface area contributed by atoms with E-state index in [1.807, 2.05) is 0 Å². The highest BCUT2D eigenvalue weighted by Gasteiger charge is 2.15. The van der Waals surface area contributed by atoms with E-state index in [0.717, 1.165) is 10.7 Å². The van der Waals surface area contributed by atoms with Gasteiger partial charge in [-0.3, -0.25) is 0 Å². The third-order valence-corrected chi connectivity index (χ3v) is 1.95. The highest BCUT2D eigenvalue weighted by molar-refractivity contribution is 5.88. The monoisotopic (exact) mass is 209 g/mol. The van der Waals surface area contributed by atoms with E-state index >= 15 is 0 Å². The van der Waals surface area contributed by atoms with Crippen LogP contribution in [0.25, 0.3) is 5.65 Å². The SMILES string of the molecule is COC(=O)c1cc(C)nc2c(F)cnn12. The fraction of sp³-hybridized carbons (Fsp3) is 0.222. The van der Waals surface area contributed by atoms with Crippen molar-refractivity contribution in [2.24, 2.45) is 0 Å². The number of fused-ring (bicyclic) bond motifs is 1. The van der Waals surface area contributed by atoms with E-state index < -0.39 is 11.8 Å². The van der Waals surface area contributed by atoms with Crippen molar-refractivity contribution in [1.29, 1.82) is 0 Å². The Morgan fingerprint density at radius 3 is 3.00 bits per heavy atom. The summed E-state index contributed by atoms with van der Waals surface area (Å²) in [4.78, 5) is 15.3. The molecule has 0 saturated carbocycles. The van der Waals surface area contributed by atoms with E-state index in [4.69, 9.17) is 0 Å². The highest BCUT2D eigenvalue weighted by Crippen LogP contribution is 2.11. The first-order valence-corrected chi connectivity index (χ1v) is 4.22. The van der Waals surface area contributed by atoms with Gasteiger partial charge in [-0.05, 0) is 13.0 Å². The second kappa shape index (κ2) is 3.30. The van der Waals surface area contributed by atoms with Gasteiger partial charge in [0.2, 0.25) is 0 Å². The molecule has 6 heteroatoms. The molecule has 2 aromatic rings. The van der Waals surface area contributed by atoms with Crippen molar-refractivity contribution in [2.75, 3.05) is 7.11 Å². The van der Waals surface area contributed by atoms with Gasteiger partial charge in [-0.2, -0.15) is 5.10 Å². The van der Waals surface area contributed by atoms with Gasteiger partial charge in [-0.15, -0.1) is 0 Å². The first kappa shape index (κ1) is 9.57. The number of aryl methyl sites for hydroxylation is 1. The van der Waals surface area contributed by atoms with Crippen molar-refractivity contribution in [3.63, 3.8) is 0 Å². The smallest absolute Gasteiger partial charge is 0.356 e. The molecule has 2 heterocycles. The second-order valence-electron chi connectivity index (χ2n) is 3.00. The van der Waals surface area contributed by atoms with Crippen LogP contribution in [0.5, 0.6) is 0 Å². The zero-order valence-electron chi connectivity index (χ0n) is 8.19. The van der Waals surface area contributed by atoms with Crippen LogP contribution in [-0.4, -0.2) is 27.7 Å². The van der Waals surface area contributed by atoms with Gasteiger partial charge in [0.1, 0.15) is 0 Å². The minimum Gasteiger partial charge on any atom is -0.464 e. The fourth-order valence-electron chi connectivity index (χ4n) is 1.31. The Hall–Kier alpha value is -1.98. The Balaban J connectivity index is 2.78. The predicted octanol–water partition coefficient (Wildman–Crippen LogP) is 0.963. The molecule has 2 rings (SSSR count). The summed E-state index contributed by atoms with van der Waals surface area (Å²) in [7, 11) is 1.25. The lowest BCUT2D eigenvalue weighted by atomic mass is 10.3. The van der Waals surface area contributed by atoms with Crippen LogP contribution in [0.3, 0.4) is 0 Å². The largest absolute Gasteiger partial charge is 0.464 e. The predicted molar refractivity (Wildman–Crippen MR) is 49.0 cm³/mol. The Bertz CT molecular complexity index is 535. The minimum atomic E-state index is -0.575. The van der Waals surface area contributed by atoms with E-state index in [0.29, 0.717) is 5.69 Å². The number of carbonyl (C=O) groups is 1. The van der Waals surface area contributed by atoms with E-state index in [9.17, 15) is 9.18 Å². The number of aromatic nitrogens is 3. The maximum atomic E-state index is 13.2. The summed E-state index contributed by atoms with van der Waals surface area (Å²) in [5.41, 5.74) is 0.710. The number of esters is 1. The Kier molecular flexibility index (Phi) is 2.11. The average Bonchev–Trinajstić information content (AvgIpc) is 2.58. The minimum absolute atomic E-state index is 0.0235. The number of carbonyl (C=O) groups excluding carboxylic acids is 1. The molecule has 0 N–H and O–H groups in total. The number of nitrogens with zero attached hydrogens (tertiary/aromatic N) is 3. The van der Waals surface area contributed by atoms with E-state index in [2.05, 4.69) is 14.8 Å². The molecule has 0 atom stereocenters. The van der Waals surface area contributed by atoms with Crippen molar-refractivity contribution >= 4 is 11.6 Å². The van der Waals surface area contributed by atoms with Crippen LogP contribution >= 0.6 is 0 Å². The highest BCUT2D eigenvalue weighted by atomic mass is 19.1. The van der Waals surface area contributed by atoms with Crippen LogP contribution in [0.4, 0.5) is 4.39 Å². The fourth-order valence-corrected chi connectivity index (χ4v) is 1.31. The van der Waals surface area contributed by atoms with Gasteiger partial charge in [0.25, 0.3) is 0 Å². The third-order valence-electron chi connectivity index (χ3n) is 1.95. The Morgan fingerprint density at radius 2 is 2.33 bits per heavy atom. The van der Waals surface area contributed by atoms with E-state index in [-0.39, 0.29) is 11.3 Å². The number of ether oxygens (including phenoxy) is 1. The van der Waals surface area contributed by atoms with Gasteiger partial charge < -0.3 is 4.74 Å². The molecule has 0 aliphatic heterocycles. The molecule has 0 aliphatic rings. The van der Waals surface area contributed by atoms with Crippen LogP contribution in [0.2, 0.25) is 0 Å². The number of rotatable bonds is 1. The van der Waals surface area contributed by atoms with E-state index in [1.165, 1.54) is 13.2 Å². The summed E-state index contributed by atoms with van der Waals surface area (Å²) in [6.45, 7) is 1.67. The zero-order chi connectivity index (χ0) is 11.0. The first-order chi connectivity index (χ1) is 7.13. The average molecular weight is 209 g/mol. The van der Waals surface area contributed by atoms with Crippen LogP contribution in [0, 0.1) is 12.7 Å². The molecule has 0 saturated heterocycles. The maximum absolute atomic E-state index is 13.2. The second-order valence-corrected chi connectivity index (χ2v) is 3.00. The molecule has 15 heavy (non-hydrogen) atoms. The number of methoxy groups -OCH3 is 1. The number of hydrogen-bond acceptors (Lipinski definition) is 4. The van der Waals surface area contributed by atoms with Gasteiger partial charge in [-0.1, -0.05) is 0 Å². The summed E-state index contributed by atoms with van der Waals surface area (Å²) in [6, 6.07) is 1.49. The van der Waals surface area contributed by atoms with Gasteiger partial charge in [0, 0.05) is 5.69 Å². The lowest BCUT2D eigenvalue weighted by Gasteiger charge is -2.03. The molecule has 0 radical (unpaired) electrons. The van der Waals surface area contributed by atoms with Gasteiger partial charge >= 0.3 is 5.97 Å². The van der Waals surface area contributed by atoms with Crippen LogP contribution < -0.4 is 0 Å². The van der Waals surface area contributed by atoms with E-state index in [1.54, 1.807) is 6.92 Å². The molecule has 0 aromatic carbocycles. The molecule has 0 spiro atoms. The van der Waals surface area contributed by atoms with Gasteiger partial charge in [-0.25, -0.2) is 18.7 Å². The van der Waals surface area contributed by atoms with Gasteiger partial charge in [0.15, 0.2) is 17.2 Å². The Morgan fingerprint density at radius 1 is 1.60 bits per heavy atom. The molecule has 0 fully saturated rings. The van der Waals surface area contributed by atoms with Crippen molar-refractivity contribution < 1.29 is 13.9 Å². The summed E-state index contributed by atoms with van der Waals surface area (Å²) in [5.74, 6) is -1.14. The molecule has 5 nitrogen and oxygen atoms in total. The lowest BCUT2D eigenvalue weighted by molar-refractivity contribution is 0.0590. The Labute approximate surface area is 84.5 Å². The number of halogens is 1. The van der Waals surface area contributed by atoms with Crippen molar-refractivity contribution in [3.05, 3.63) is 29.5 Å². The third kappa shape index (κ3) is 1.43. The first-order valence-electron chi connectivity index (χ1n) is 4.22. The summed E-state index contributed by atoms with van der Waals surface area (Å²) in [5, 5.41) is 3.71. The molecule has 2 aromatic heterocycles. The number of hydrogen-bond donors (Lipinski definition) is 0. The van der Waals surface area contributed by atoms with Crippen LogP contribution in [0.15, 0.2) is 12.3 Å². The van der Waals surface area contributed by atoms with Crippen molar-refractivity contribution in [1.82, 2.24) is 14.6 Å². The van der Waals surface area contributed by atoms with Crippen LogP contribution in [0.1, 0.15) is 16.2 Å². The molecular formula is C9H8FN3O2. The maximum Gasteiger partial charge on any atom is 0.356 e. The standard InChI is InChI=1S/C9H8FN3O2/c1-5-3-7(9(14)15-2)13-8(12-5)6(10)4-11-13/h3-4H,1-2H3. The summed E-state index contributed by atoms with van der Waals surface area (Å²) in [6.07, 6.45) is 1.01. The normalized spacial score (nSPS) is 10.6. The van der Waals surface area contributed by atoms with Crippen molar-refractivity contribution in [2.45, 2.75) is 6.92 Å². The summed E-state index contributed by atoms with van der Waals surface area (Å²) < 4.78 is 18.9. The molecular weight excluding hydrogens is 201 g/mol. The topological polar surface area (TPSA) is 56.5 Å². The van der Waals surface area contributed by atoms with Crippen LogP contribution in [-0.2, 0) is 4.74 Å².